The highest BCUT2D eigenvalue weighted by molar-refractivity contribution is 9.10. The predicted molar refractivity (Wildman–Crippen MR) is 89.3 cm³/mol. The van der Waals surface area contributed by atoms with E-state index >= 15 is 0 Å². The number of ether oxygens (including phenoxy) is 1. The Balaban J connectivity index is 1.83. The van der Waals surface area contributed by atoms with Crippen LogP contribution in [-0.2, 0) is 11.3 Å². The maximum atomic E-state index is 5.46. The van der Waals surface area contributed by atoms with Crippen LogP contribution in [0.15, 0.2) is 22.8 Å². The summed E-state index contributed by atoms with van der Waals surface area (Å²) in [6.45, 7) is 10.2. The van der Waals surface area contributed by atoms with Crippen molar-refractivity contribution in [2.45, 2.75) is 32.9 Å². The monoisotopic (exact) mass is 355 g/mol. The molecule has 21 heavy (non-hydrogen) atoms. The summed E-state index contributed by atoms with van der Waals surface area (Å²) in [6.07, 6.45) is 1.22. The zero-order valence-electron chi connectivity index (χ0n) is 13.0. The number of aromatic nitrogens is 1. The minimum atomic E-state index is 0.584. The van der Waals surface area contributed by atoms with E-state index in [4.69, 9.17) is 4.74 Å². The number of hydrogen-bond acceptors (Lipinski definition) is 4. The summed E-state index contributed by atoms with van der Waals surface area (Å²) in [4.78, 5) is 7.02. The molecule has 1 atom stereocenters. The van der Waals surface area contributed by atoms with E-state index < -0.39 is 0 Å². The lowest BCUT2D eigenvalue weighted by molar-refractivity contribution is 0.0123. The maximum Gasteiger partial charge on any atom is 0.106 e. The minimum absolute atomic E-state index is 0.584. The van der Waals surface area contributed by atoms with E-state index in [1.807, 2.05) is 12.1 Å². The molecule has 1 aliphatic rings. The molecule has 1 aliphatic heterocycles. The van der Waals surface area contributed by atoms with Gasteiger partial charge in [0.05, 0.1) is 18.9 Å². The van der Waals surface area contributed by atoms with Gasteiger partial charge in [-0.25, -0.2) is 4.98 Å². The molecule has 0 saturated carbocycles. The Kier molecular flexibility index (Phi) is 7.10. The van der Waals surface area contributed by atoms with Crippen LogP contribution in [0.3, 0.4) is 0 Å². The summed E-state index contributed by atoms with van der Waals surface area (Å²) in [5, 5.41) is 3.57. The molecule has 0 aromatic carbocycles. The average Bonchev–Trinajstić information content (AvgIpc) is 2.47. The van der Waals surface area contributed by atoms with E-state index in [-0.39, 0.29) is 0 Å². The number of pyridine rings is 1. The van der Waals surface area contributed by atoms with Crippen LogP contribution in [0.4, 0.5) is 0 Å². The molecular weight excluding hydrogens is 330 g/mol. The van der Waals surface area contributed by atoms with Gasteiger partial charge >= 0.3 is 0 Å². The predicted octanol–water partition coefficient (Wildman–Crippen LogP) is 2.68. The summed E-state index contributed by atoms with van der Waals surface area (Å²) < 4.78 is 6.36. The van der Waals surface area contributed by atoms with Crippen molar-refractivity contribution in [1.82, 2.24) is 15.2 Å². The van der Waals surface area contributed by atoms with Gasteiger partial charge in [-0.05, 0) is 40.4 Å². The molecular formula is C16H26BrN3O. The van der Waals surface area contributed by atoms with Crippen LogP contribution < -0.4 is 5.32 Å². The maximum absolute atomic E-state index is 5.46. The van der Waals surface area contributed by atoms with Gasteiger partial charge in [0.25, 0.3) is 0 Å². The van der Waals surface area contributed by atoms with Gasteiger partial charge in [0.15, 0.2) is 0 Å². The van der Waals surface area contributed by atoms with Crippen LogP contribution in [0.25, 0.3) is 0 Å². The van der Waals surface area contributed by atoms with Crippen LogP contribution in [0.5, 0.6) is 0 Å². The van der Waals surface area contributed by atoms with E-state index in [1.54, 1.807) is 0 Å². The zero-order chi connectivity index (χ0) is 15.1. The highest BCUT2D eigenvalue weighted by atomic mass is 79.9. The Bertz CT molecular complexity index is 422. The van der Waals surface area contributed by atoms with E-state index in [9.17, 15) is 0 Å². The van der Waals surface area contributed by atoms with Crippen LogP contribution in [0.1, 0.15) is 26.0 Å². The number of hydrogen-bond donors (Lipinski definition) is 1. The number of halogens is 1. The zero-order valence-corrected chi connectivity index (χ0v) is 14.6. The summed E-state index contributed by atoms with van der Waals surface area (Å²) in [6, 6.07) is 6.63. The Morgan fingerprint density at radius 3 is 2.76 bits per heavy atom. The average molecular weight is 356 g/mol. The van der Waals surface area contributed by atoms with Crippen LogP contribution in [0, 0.1) is 5.92 Å². The van der Waals surface area contributed by atoms with Crippen molar-refractivity contribution in [2.75, 3.05) is 32.8 Å². The molecule has 0 spiro atoms. The van der Waals surface area contributed by atoms with E-state index in [2.05, 4.69) is 51.0 Å². The summed E-state index contributed by atoms with van der Waals surface area (Å²) in [5.41, 5.74) is 1.08. The van der Waals surface area contributed by atoms with Gasteiger partial charge in [-0.3, -0.25) is 4.90 Å². The molecule has 1 aromatic heterocycles. The first-order chi connectivity index (χ1) is 10.1. The molecule has 1 fully saturated rings. The number of morpholine rings is 1. The van der Waals surface area contributed by atoms with Crippen molar-refractivity contribution in [1.29, 1.82) is 0 Å². The Labute approximate surface area is 136 Å². The SMILES string of the molecule is CC(C)CC(CNCc1cccc(Br)n1)N1CCOCC1. The van der Waals surface area contributed by atoms with Gasteiger partial charge in [-0.2, -0.15) is 0 Å². The third kappa shape index (κ3) is 6.02. The number of rotatable bonds is 7. The van der Waals surface area contributed by atoms with Gasteiger partial charge in [0, 0.05) is 32.2 Å². The van der Waals surface area contributed by atoms with Crippen molar-refractivity contribution in [3.05, 3.63) is 28.5 Å². The molecule has 1 unspecified atom stereocenters. The number of nitrogens with one attached hydrogen (secondary N) is 1. The minimum Gasteiger partial charge on any atom is -0.379 e. The molecule has 2 heterocycles. The summed E-state index contributed by atoms with van der Waals surface area (Å²) in [5.74, 6) is 0.712. The normalized spacial score (nSPS) is 18.1. The van der Waals surface area contributed by atoms with Gasteiger partial charge in [0.1, 0.15) is 4.60 Å². The smallest absolute Gasteiger partial charge is 0.106 e. The lowest BCUT2D eigenvalue weighted by atomic mass is 10.0. The second-order valence-corrected chi connectivity index (χ2v) is 6.83. The molecule has 4 nitrogen and oxygen atoms in total. The third-order valence-corrected chi connectivity index (χ3v) is 4.21. The molecule has 1 aromatic rings. The first-order valence-electron chi connectivity index (χ1n) is 7.79. The lowest BCUT2D eigenvalue weighted by Crippen LogP contribution is -2.48. The fourth-order valence-corrected chi connectivity index (χ4v) is 3.14. The van der Waals surface area contributed by atoms with E-state index in [0.717, 1.165) is 49.7 Å². The van der Waals surface area contributed by atoms with Gasteiger partial charge < -0.3 is 10.1 Å². The van der Waals surface area contributed by atoms with Crippen molar-refractivity contribution < 1.29 is 4.74 Å². The first kappa shape index (κ1) is 16.9. The Hall–Kier alpha value is -0.490. The van der Waals surface area contributed by atoms with Crippen molar-refractivity contribution >= 4 is 15.9 Å². The molecule has 0 radical (unpaired) electrons. The number of nitrogens with zero attached hydrogens (tertiary/aromatic N) is 2. The Morgan fingerprint density at radius 2 is 2.10 bits per heavy atom. The first-order valence-corrected chi connectivity index (χ1v) is 8.58. The van der Waals surface area contributed by atoms with Gasteiger partial charge in [0.2, 0.25) is 0 Å². The van der Waals surface area contributed by atoms with Gasteiger partial charge in [-0.15, -0.1) is 0 Å². The molecule has 0 bridgehead atoms. The third-order valence-electron chi connectivity index (χ3n) is 3.76. The largest absolute Gasteiger partial charge is 0.379 e. The van der Waals surface area contributed by atoms with Crippen molar-refractivity contribution in [2.24, 2.45) is 5.92 Å². The molecule has 1 saturated heterocycles. The summed E-state index contributed by atoms with van der Waals surface area (Å²) >= 11 is 3.42. The summed E-state index contributed by atoms with van der Waals surface area (Å²) in [7, 11) is 0. The highest BCUT2D eigenvalue weighted by Gasteiger charge is 2.21. The van der Waals surface area contributed by atoms with Crippen molar-refractivity contribution in [3.63, 3.8) is 0 Å². The van der Waals surface area contributed by atoms with E-state index in [1.165, 1.54) is 6.42 Å². The second-order valence-electron chi connectivity index (χ2n) is 6.01. The fraction of sp³-hybridized carbons (Fsp3) is 0.688. The van der Waals surface area contributed by atoms with Gasteiger partial charge in [-0.1, -0.05) is 19.9 Å². The molecule has 118 valence electrons. The standard InChI is InChI=1S/C16H26BrN3O/c1-13(2)10-15(20-6-8-21-9-7-20)12-18-11-14-4-3-5-16(17)19-14/h3-5,13,15,18H,6-12H2,1-2H3. The lowest BCUT2D eigenvalue weighted by Gasteiger charge is -2.35. The van der Waals surface area contributed by atoms with Crippen molar-refractivity contribution in [3.8, 4) is 0 Å². The topological polar surface area (TPSA) is 37.4 Å². The fourth-order valence-electron chi connectivity index (χ4n) is 2.76. The molecule has 0 amide bonds. The van der Waals surface area contributed by atoms with Crippen LogP contribution >= 0.6 is 15.9 Å². The van der Waals surface area contributed by atoms with Crippen LogP contribution in [0.2, 0.25) is 0 Å². The Morgan fingerprint density at radius 1 is 1.33 bits per heavy atom. The quantitative estimate of drug-likeness (QED) is 0.763. The van der Waals surface area contributed by atoms with E-state index in [0.29, 0.717) is 12.0 Å². The van der Waals surface area contributed by atoms with Crippen LogP contribution in [-0.4, -0.2) is 48.8 Å². The molecule has 5 heteroatoms. The molecule has 2 rings (SSSR count). The highest BCUT2D eigenvalue weighted by Crippen LogP contribution is 2.13. The molecule has 0 aliphatic carbocycles. The second kappa shape index (κ2) is 8.83. The molecule has 1 N–H and O–H groups in total.